The zero-order chi connectivity index (χ0) is 12.5. The molecule has 3 rings (SSSR count). The molecule has 0 spiro atoms. The molecule has 1 aromatic carbocycles. The average Bonchev–Trinajstić information content (AvgIpc) is 2.80. The van der Waals surface area contributed by atoms with Crippen LogP contribution in [0.1, 0.15) is 24.8 Å². The predicted octanol–water partition coefficient (Wildman–Crippen LogP) is 2.14. The lowest BCUT2D eigenvalue weighted by atomic mass is 9.90. The maximum atomic E-state index is 12.0. The van der Waals surface area contributed by atoms with Gasteiger partial charge in [-0.1, -0.05) is 30.3 Å². The van der Waals surface area contributed by atoms with Crippen molar-refractivity contribution in [3.8, 4) is 0 Å². The highest BCUT2D eigenvalue weighted by molar-refractivity contribution is 5.99. The lowest BCUT2D eigenvalue weighted by molar-refractivity contribution is -0.136. The monoisotopic (exact) mass is 243 g/mol. The number of hydrogen-bond acceptors (Lipinski definition) is 3. The van der Waals surface area contributed by atoms with Gasteiger partial charge in [-0.3, -0.25) is 0 Å². The molecule has 18 heavy (non-hydrogen) atoms. The van der Waals surface area contributed by atoms with Crippen molar-refractivity contribution in [2.45, 2.75) is 31.3 Å². The van der Waals surface area contributed by atoms with Gasteiger partial charge in [-0.15, -0.1) is 0 Å². The first-order chi connectivity index (χ1) is 8.79. The number of ether oxygens (including phenoxy) is 1. The number of hydrogen-bond donors (Lipinski definition) is 1. The Hall–Kier alpha value is -1.61. The quantitative estimate of drug-likeness (QED) is 0.809. The standard InChI is InChI=1S/C15H17NO2/c1-18-15(17)14-12(10-5-3-2-4-6-10)9-11-7-8-13(14)16-11/h2-6,11,13,16H,7-9H2,1H3/t11-,13+/m0/s1. The van der Waals surface area contributed by atoms with Crippen molar-refractivity contribution in [1.82, 2.24) is 5.32 Å². The van der Waals surface area contributed by atoms with Crippen molar-refractivity contribution in [3.05, 3.63) is 41.5 Å². The first kappa shape index (κ1) is 11.5. The van der Waals surface area contributed by atoms with Crippen LogP contribution in [0.2, 0.25) is 0 Å². The number of rotatable bonds is 2. The van der Waals surface area contributed by atoms with Gasteiger partial charge in [0.05, 0.1) is 12.7 Å². The van der Waals surface area contributed by atoms with E-state index in [1.54, 1.807) is 0 Å². The lowest BCUT2D eigenvalue weighted by Crippen LogP contribution is -2.38. The number of carbonyl (C=O) groups is 1. The molecule has 0 aromatic heterocycles. The molecule has 2 bridgehead atoms. The van der Waals surface area contributed by atoms with E-state index in [4.69, 9.17) is 4.74 Å². The highest BCUT2D eigenvalue weighted by atomic mass is 16.5. The third kappa shape index (κ3) is 1.85. The molecule has 0 unspecified atom stereocenters. The van der Waals surface area contributed by atoms with Crippen molar-refractivity contribution < 1.29 is 9.53 Å². The Balaban J connectivity index is 2.09. The number of carbonyl (C=O) groups excluding carboxylic acids is 1. The third-order valence-corrected chi connectivity index (χ3v) is 3.89. The molecule has 3 nitrogen and oxygen atoms in total. The van der Waals surface area contributed by atoms with Gasteiger partial charge in [0.1, 0.15) is 0 Å². The molecule has 1 aromatic rings. The Kier molecular flexibility index (Phi) is 2.92. The van der Waals surface area contributed by atoms with Crippen LogP contribution in [0.5, 0.6) is 0 Å². The molecule has 2 aliphatic heterocycles. The maximum absolute atomic E-state index is 12.0. The van der Waals surface area contributed by atoms with Gasteiger partial charge in [-0.2, -0.15) is 0 Å². The van der Waals surface area contributed by atoms with Gasteiger partial charge in [0.15, 0.2) is 0 Å². The minimum atomic E-state index is -0.188. The fourth-order valence-electron chi connectivity index (χ4n) is 3.06. The Morgan fingerprint density at radius 2 is 2.06 bits per heavy atom. The largest absolute Gasteiger partial charge is 0.466 e. The topological polar surface area (TPSA) is 38.3 Å². The summed E-state index contributed by atoms with van der Waals surface area (Å²) in [4.78, 5) is 12.0. The minimum absolute atomic E-state index is 0.173. The van der Waals surface area contributed by atoms with Crippen molar-refractivity contribution in [2.24, 2.45) is 0 Å². The predicted molar refractivity (Wildman–Crippen MR) is 69.9 cm³/mol. The zero-order valence-electron chi connectivity index (χ0n) is 10.5. The van der Waals surface area contributed by atoms with E-state index in [2.05, 4.69) is 17.4 Å². The van der Waals surface area contributed by atoms with Gasteiger partial charge in [0, 0.05) is 12.1 Å². The number of nitrogens with one attached hydrogen (secondary N) is 1. The van der Waals surface area contributed by atoms with Crippen molar-refractivity contribution in [2.75, 3.05) is 7.11 Å². The first-order valence-corrected chi connectivity index (χ1v) is 6.42. The number of methoxy groups -OCH3 is 1. The number of benzene rings is 1. The summed E-state index contributed by atoms with van der Waals surface area (Å²) >= 11 is 0. The Bertz CT molecular complexity index is 492. The summed E-state index contributed by atoms with van der Waals surface area (Å²) in [6.07, 6.45) is 3.10. The average molecular weight is 243 g/mol. The molecule has 2 atom stereocenters. The molecule has 2 heterocycles. The molecule has 0 aliphatic carbocycles. The normalized spacial score (nSPS) is 26.3. The van der Waals surface area contributed by atoms with Crippen LogP contribution in [0.15, 0.2) is 35.9 Å². The summed E-state index contributed by atoms with van der Waals surface area (Å²) in [6, 6.07) is 10.9. The van der Waals surface area contributed by atoms with Crippen molar-refractivity contribution >= 4 is 11.5 Å². The smallest absolute Gasteiger partial charge is 0.335 e. The number of fused-ring (bicyclic) bond motifs is 2. The second-order valence-corrected chi connectivity index (χ2v) is 4.95. The van der Waals surface area contributed by atoms with Gasteiger partial charge in [0.2, 0.25) is 0 Å². The van der Waals surface area contributed by atoms with Crippen LogP contribution >= 0.6 is 0 Å². The van der Waals surface area contributed by atoms with E-state index in [0.29, 0.717) is 6.04 Å². The molecular formula is C15H17NO2. The second-order valence-electron chi connectivity index (χ2n) is 4.95. The fraction of sp³-hybridized carbons (Fsp3) is 0.400. The molecule has 0 amide bonds. The maximum Gasteiger partial charge on any atom is 0.335 e. The molecule has 1 fully saturated rings. The van der Waals surface area contributed by atoms with Crippen LogP contribution in [0, 0.1) is 0 Å². The summed E-state index contributed by atoms with van der Waals surface area (Å²) in [5.74, 6) is -0.188. The molecule has 0 radical (unpaired) electrons. The zero-order valence-corrected chi connectivity index (χ0v) is 10.5. The van der Waals surface area contributed by atoms with Crippen LogP contribution in [0.4, 0.5) is 0 Å². The number of esters is 1. The third-order valence-electron chi connectivity index (χ3n) is 3.89. The van der Waals surface area contributed by atoms with E-state index in [-0.39, 0.29) is 12.0 Å². The van der Waals surface area contributed by atoms with Gasteiger partial charge in [-0.25, -0.2) is 4.79 Å². The SMILES string of the molecule is COC(=O)C1=C(c2ccccc2)C[C@@H]2CC[C@H]1N2. The fourth-order valence-corrected chi connectivity index (χ4v) is 3.06. The Morgan fingerprint density at radius 3 is 2.78 bits per heavy atom. The summed E-state index contributed by atoms with van der Waals surface area (Å²) in [5, 5.41) is 3.50. The first-order valence-electron chi connectivity index (χ1n) is 6.42. The highest BCUT2D eigenvalue weighted by Crippen LogP contribution is 2.37. The van der Waals surface area contributed by atoms with Gasteiger partial charge < -0.3 is 10.1 Å². The summed E-state index contributed by atoms with van der Waals surface area (Å²) in [5.41, 5.74) is 3.14. The van der Waals surface area contributed by atoms with Crippen molar-refractivity contribution in [1.29, 1.82) is 0 Å². The lowest BCUT2D eigenvalue weighted by Gasteiger charge is -2.26. The van der Waals surface area contributed by atoms with Gasteiger partial charge in [0.25, 0.3) is 0 Å². The van der Waals surface area contributed by atoms with E-state index in [0.717, 1.165) is 36.0 Å². The van der Waals surface area contributed by atoms with E-state index in [1.807, 2.05) is 18.2 Å². The van der Waals surface area contributed by atoms with E-state index >= 15 is 0 Å². The minimum Gasteiger partial charge on any atom is -0.466 e. The molecule has 2 aliphatic rings. The van der Waals surface area contributed by atoms with E-state index in [1.165, 1.54) is 7.11 Å². The molecule has 0 saturated carbocycles. The Morgan fingerprint density at radius 1 is 1.28 bits per heavy atom. The molecular weight excluding hydrogens is 226 g/mol. The summed E-state index contributed by atoms with van der Waals surface area (Å²) < 4.78 is 4.96. The van der Waals surface area contributed by atoms with Crippen LogP contribution in [-0.2, 0) is 9.53 Å². The highest BCUT2D eigenvalue weighted by Gasteiger charge is 2.37. The molecule has 94 valence electrons. The molecule has 1 saturated heterocycles. The van der Waals surface area contributed by atoms with Gasteiger partial charge >= 0.3 is 5.97 Å². The van der Waals surface area contributed by atoms with Crippen LogP contribution in [0.3, 0.4) is 0 Å². The van der Waals surface area contributed by atoms with Crippen molar-refractivity contribution in [3.63, 3.8) is 0 Å². The van der Waals surface area contributed by atoms with Crippen LogP contribution in [0.25, 0.3) is 5.57 Å². The second kappa shape index (κ2) is 4.58. The van der Waals surface area contributed by atoms with Crippen LogP contribution in [-0.4, -0.2) is 25.2 Å². The van der Waals surface area contributed by atoms with E-state index < -0.39 is 0 Å². The molecule has 1 N–H and O–H groups in total. The van der Waals surface area contributed by atoms with E-state index in [9.17, 15) is 4.79 Å². The summed E-state index contributed by atoms with van der Waals surface area (Å²) in [7, 11) is 1.46. The van der Waals surface area contributed by atoms with Crippen LogP contribution < -0.4 is 5.32 Å². The molecule has 3 heteroatoms. The van der Waals surface area contributed by atoms with Gasteiger partial charge in [-0.05, 0) is 30.4 Å². The Labute approximate surface area is 107 Å². The summed E-state index contributed by atoms with van der Waals surface area (Å²) in [6.45, 7) is 0.